The average Bonchev–Trinajstić information content (AvgIpc) is 2.79. The molecule has 3 nitrogen and oxygen atoms in total. The van der Waals surface area contributed by atoms with E-state index >= 15 is 0 Å². The van der Waals surface area contributed by atoms with Gasteiger partial charge in [0.15, 0.2) is 0 Å². The first kappa shape index (κ1) is 30.8. The fraction of sp³-hybridized carbons (Fsp3) is 0.759. The Hall–Kier alpha value is -0.411. The molecule has 3 rings (SSSR count). The summed E-state index contributed by atoms with van der Waals surface area (Å²) >= 11 is 0.194. The molecule has 2 unspecified atom stereocenters. The van der Waals surface area contributed by atoms with Crippen LogP contribution < -0.4 is 0 Å². The van der Waals surface area contributed by atoms with Gasteiger partial charge < -0.3 is 0 Å². The summed E-state index contributed by atoms with van der Waals surface area (Å²) in [6.07, 6.45) is 10.1. The Kier molecular flexibility index (Phi) is 12.3. The number of nitrogens with zero attached hydrogens (tertiary/aromatic N) is 3. The van der Waals surface area contributed by atoms with Crippen LogP contribution in [0.3, 0.4) is 0 Å². The van der Waals surface area contributed by atoms with Crippen LogP contribution in [0, 0.1) is 22.7 Å². The van der Waals surface area contributed by atoms with Crippen molar-refractivity contribution in [2.75, 3.05) is 0 Å². The normalized spacial score (nSPS) is 26.8. The summed E-state index contributed by atoms with van der Waals surface area (Å²) in [5, 5.41) is 0. The summed E-state index contributed by atoms with van der Waals surface area (Å²) in [5.74, 6) is 1.48. The quantitative estimate of drug-likeness (QED) is 0.265. The van der Waals surface area contributed by atoms with Crippen molar-refractivity contribution in [1.82, 2.24) is 4.98 Å². The van der Waals surface area contributed by atoms with Gasteiger partial charge in [0, 0.05) is 0 Å². The van der Waals surface area contributed by atoms with Crippen molar-refractivity contribution in [2.45, 2.75) is 119 Å². The van der Waals surface area contributed by atoms with Crippen LogP contribution in [0.25, 0.3) is 0 Å². The number of aliphatic imine (C=N–C) groups is 2. The fourth-order valence-electron chi connectivity index (χ4n) is 5.84. The molecule has 0 aliphatic heterocycles. The molecule has 2 aliphatic rings. The first-order valence-electron chi connectivity index (χ1n) is 13.3. The van der Waals surface area contributed by atoms with Gasteiger partial charge in [0.25, 0.3) is 0 Å². The Morgan fingerprint density at radius 2 is 1.31 bits per heavy atom. The van der Waals surface area contributed by atoms with Crippen LogP contribution in [-0.4, -0.2) is 28.5 Å². The Bertz CT molecular complexity index is 846. The molecule has 200 valence electrons. The van der Waals surface area contributed by atoms with Gasteiger partial charge in [0.2, 0.25) is 0 Å². The molecule has 35 heavy (non-hydrogen) atoms. The SMILES string of the molecule is CC(=NC1CCC(C(C)(C)C)CC1)c1cccc(C(C)=NC2CCCCC2C(C)(C)C)n1.[Cl][Fe][Cl]. The molecule has 0 spiro atoms. The molecule has 2 atom stereocenters. The van der Waals surface area contributed by atoms with E-state index in [4.69, 9.17) is 35.2 Å². The van der Waals surface area contributed by atoms with Crippen LogP contribution in [0.1, 0.15) is 118 Å². The second kappa shape index (κ2) is 13.9. The first-order chi connectivity index (χ1) is 16.4. The van der Waals surface area contributed by atoms with Crippen LogP contribution in [0.4, 0.5) is 0 Å². The second-order valence-corrected chi connectivity index (χ2v) is 14.4. The van der Waals surface area contributed by atoms with Gasteiger partial charge in [-0.25, -0.2) is 4.98 Å². The van der Waals surface area contributed by atoms with E-state index in [1.807, 2.05) is 0 Å². The van der Waals surface area contributed by atoms with Crippen LogP contribution in [0.5, 0.6) is 0 Å². The molecule has 0 bridgehead atoms. The number of hydrogen-bond donors (Lipinski definition) is 0. The molecule has 2 saturated carbocycles. The number of halogens is 2. The van der Waals surface area contributed by atoms with Crippen molar-refractivity contribution in [3.05, 3.63) is 29.6 Å². The van der Waals surface area contributed by atoms with Gasteiger partial charge in [-0.1, -0.05) is 60.5 Å². The zero-order valence-electron chi connectivity index (χ0n) is 23.1. The van der Waals surface area contributed by atoms with Gasteiger partial charge in [-0.15, -0.1) is 0 Å². The van der Waals surface area contributed by atoms with Crippen LogP contribution in [0.2, 0.25) is 0 Å². The molecule has 2 fully saturated rings. The summed E-state index contributed by atoms with van der Waals surface area (Å²) in [6.45, 7) is 18.5. The van der Waals surface area contributed by atoms with E-state index in [0.717, 1.165) is 28.7 Å². The molecule has 6 heteroatoms. The van der Waals surface area contributed by atoms with Crippen molar-refractivity contribution >= 4 is 31.6 Å². The van der Waals surface area contributed by atoms with Crippen LogP contribution in [0.15, 0.2) is 28.2 Å². The third-order valence-corrected chi connectivity index (χ3v) is 7.99. The van der Waals surface area contributed by atoms with Crippen molar-refractivity contribution in [2.24, 2.45) is 32.7 Å². The summed E-state index contributed by atoms with van der Waals surface area (Å²) in [5.41, 5.74) is 4.88. The van der Waals surface area contributed by atoms with Gasteiger partial charge in [-0.2, -0.15) is 0 Å². The Morgan fingerprint density at radius 3 is 1.83 bits per heavy atom. The molecule has 0 aromatic carbocycles. The molecule has 2 aliphatic carbocycles. The third-order valence-electron chi connectivity index (χ3n) is 7.99. The van der Waals surface area contributed by atoms with Gasteiger partial charge in [-0.3, -0.25) is 9.98 Å². The third kappa shape index (κ3) is 9.76. The predicted molar refractivity (Wildman–Crippen MR) is 151 cm³/mol. The molecular weight excluding hydrogens is 517 g/mol. The number of rotatable bonds is 4. The molecule has 0 N–H and O–H groups in total. The monoisotopic (exact) mass is 563 g/mol. The zero-order valence-corrected chi connectivity index (χ0v) is 25.8. The van der Waals surface area contributed by atoms with E-state index in [0.29, 0.717) is 28.8 Å². The van der Waals surface area contributed by atoms with E-state index in [2.05, 4.69) is 73.6 Å². The molecule has 0 saturated heterocycles. The van der Waals surface area contributed by atoms with Crippen molar-refractivity contribution in [3.8, 4) is 0 Å². The molecule has 0 amide bonds. The minimum atomic E-state index is 0.194. The topological polar surface area (TPSA) is 37.6 Å². The van der Waals surface area contributed by atoms with E-state index in [9.17, 15) is 0 Å². The molecule has 1 aromatic rings. The van der Waals surface area contributed by atoms with Crippen LogP contribution >= 0.6 is 20.2 Å². The summed E-state index contributed by atoms with van der Waals surface area (Å²) in [4.78, 5) is 15.3. The molecule has 1 aromatic heterocycles. The number of aromatic nitrogens is 1. The van der Waals surface area contributed by atoms with Gasteiger partial charge >= 0.3 is 33.3 Å². The first-order valence-corrected chi connectivity index (χ1v) is 16.3. The Morgan fingerprint density at radius 1 is 0.800 bits per heavy atom. The van der Waals surface area contributed by atoms with E-state index in [-0.39, 0.29) is 13.1 Å². The maximum absolute atomic E-state index is 5.22. The summed E-state index contributed by atoms with van der Waals surface area (Å²) < 4.78 is 0. The zero-order chi connectivity index (χ0) is 26.2. The second-order valence-electron chi connectivity index (χ2n) is 12.6. The average molecular weight is 564 g/mol. The summed E-state index contributed by atoms with van der Waals surface area (Å²) in [7, 11) is 9.53. The maximum atomic E-state index is 5.22. The van der Waals surface area contributed by atoms with Crippen molar-refractivity contribution in [1.29, 1.82) is 0 Å². The minimum absolute atomic E-state index is 0.194. The predicted octanol–water partition coefficient (Wildman–Crippen LogP) is 9.29. The molecule has 1 heterocycles. The van der Waals surface area contributed by atoms with Gasteiger partial charge in [-0.05, 0) is 87.2 Å². The summed E-state index contributed by atoms with van der Waals surface area (Å²) in [6, 6.07) is 7.20. The van der Waals surface area contributed by atoms with Crippen molar-refractivity contribution in [3.63, 3.8) is 0 Å². The van der Waals surface area contributed by atoms with Gasteiger partial charge in [0.05, 0.1) is 34.9 Å². The van der Waals surface area contributed by atoms with Gasteiger partial charge in [0.1, 0.15) is 0 Å². The fourth-order valence-corrected chi connectivity index (χ4v) is 5.84. The number of hydrogen-bond acceptors (Lipinski definition) is 3. The number of pyridine rings is 1. The Labute approximate surface area is 230 Å². The Balaban J connectivity index is 0.00000137. The molecule has 0 radical (unpaired) electrons. The van der Waals surface area contributed by atoms with E-state index in [1.165, 1.54) is 51.4 Å². The standard InChI is InChI=1S/C29H47N3.2ClH.Fe/c1-20(30-23-18-16-22(17-19-23)28(3,4)5)25-14-11-15-26(32-25)21(2)31-27-13-10-9-12-24(27)29(6,7)8;;;/h11,14-15,22-24,27H,9-10,12-13,16-19H2,1-8H3;2*1H;/q;;;+2/p-2. The molecular formula is C29H47Cl2FeN3. The van der Waals surface area contributed by atoms with Crippen LogP contribution in [-0.2, 0) is 13.1 Å². The van der Waals surface area contributed by atoms with E-state index < -0.39 is 0 Å². The van der Waals surface area contributed by atoms with E-state index in [1.54, 1.807) is 0 Å². The van der Waals surface area contributed by atoms with Crippen molar-refractivity contribution < 1.29 is 13.1 Å².